The third kappa shape index (κ3) is 2.18. The summed E-state index contributed by atoms with van der Waals surface area (Å²) in [6.45, 7) is 0. The average molecular weight is 383 g/mol. The summed E-state index contributed by atoms with van der Waals surface area (Å²) in [5.41, 5.74) is 14.4. The molecule has 1 heteroatoms. The summed E-state index contributed by atoms with van der Waals surface area (Å²) in [5, 5.41) is 2.55. The Morgan fingerprint density at radius 2 is 1.13 bits per heavy atom. The van der Waals surface area contributed by atoms with Gasteiger partial charge in [-0.25, -0.2) is 0 Å². The Balaban J connectivity index is 1.89. The molecule has 0 spiro atoms. The summed E-state index contributed by atoms with van der Waals surface area (Å²) in [5.74, 6) is 0. The molecule has 6 rings (SSSR count). The Labute approximate surface area is 176 Å². The lowest BCUT2D eigenvalue weighted by molar-refractivity contribution is 0.776. The summed E-state index contributed by atoms with van der Waals surface area (Å²) >= 11 is 0. The van der Waals surface area contributed by atoms with Crippen molar-refractivity contribution in [1.82, 2.24) is 0 Å². The van der Waals surface area contributed by atoms with Gasteiger partial charge in [-0.3, -0.25) is 0 Å². The van der Waals surface area contributed by atoms with Gasteiger partial charge < -0.3 is 5.73 Å². The van der Waals surface area contributed by atoms with Crippen LogP contribution in [0.15, 0.2) is 115 Å². The molecule has 0 saturated heterocycles. The molecule has 5 aromatic carbocycles. The van der Waals surface area contributed by atoms with E-state index in [0.29, 0.717) is 0 Å². The highest BCUT2D eigenvalue weighted by atomic mass is 14.6. The zero-order valence-electron chi connectivity index (χ0n) is 16.5. The first-order valence-corrected chi connectivity index (χ1v) is 10.3. The SMILES string of the molecule is Nc1ccc2c(c1)C(c1ccccc1)(c1ccccc1)c1c-2ccc2ccccc12. The van der Waals surface area contributed by atoms with Crippen LogP contribution < -0.4 is 5.73 Å². The molecule has 0 atom stereocenters. The fourth-order valence-electron chi connectivity index (χ4n) is 5.28. The van der Waals surface area contributed by atoms with Crippen LogP contribution >= 0.6 is 0 Å². The minimum atomic E-state index is -0.413. The molecule has 5 aromatic rings. The average Bonchev–Trinajstić information content (AvgIpc) is 3.11. The molecule has 0 bridgehead atoms. The van der Waals surface area contributed by atoms with Gasteiger partial charge in [-0.05, 0) is 56.3 Å². The molecular weight excluding hydrogens is 362 g/mol. The molecule has 0 heterocycles. The van der Waals surface area contributed by atoms with Gasteiger partial charge in [0.1, 0.15) is 0 Å². The Bertz CT molecular complexity index is 1350. The third-order valence-electron chi connectivity index (χ3n) is 6.46. The van der Waals surface area contributed by atoms with Crippen LogP contribution in [0.25, 0.3) is 21.9 Å². The van der Waals surface area contributed by atoms with E-state index in [1.54, 1.807) is 0 Å². The Hall–Kier alpha value is -3.84. The predicted molar refractivity (Wildman–Crippen MR) is 126 cm³/mol. The smallest absolute Gasteiger partial charge is 0.0720 e. The van der Waals surface area contributed by atoms with Crippen molar-refractivity contribution in [2.75, 3.05) is 5.73 Å². The van der Waals surface area contributed by atoms with Crippen LogP contribution in [0.2, 0.25) is 0 Å². The number of hydrogen-bond acceptors (Lipinski definition) is 1. The summed E-state index contributed by atoms with van der Waals surface area (Å²) in [7, 11) is 0. The fraction of sp³-hybridized carbons (Fsp3) is 0.0345. The maximum atomic E-state index is 6.36. The Morgan fingerprint density at radius 1 is 0.533 bits per heavy atom. The highest BCUT2D eigenvalue weighted by molar-refractivity contribution is 6.00. The van der Waals surface area contributed by atoms with Gasteiger partial charge in [-0.15, -0.1) is 0 Å². The van der Waals surface area contributed by atoms with E-state index in [2.05, 4.69) is 109 Å². The molecule has 0 fully saturated rings. The zero-order valence-corrected chi connectivity index (χ0v) is 16.5. The van der Waals surface area contributed by atoms with Crippen LogP contribution in [0.3, 0.4) is 0 Å². The van der Waals surface area contributed by atoms with E-state index >= 15 is 0 Å². The Kier molecular flexibility index (Phi) is 3.60. The van der Waals surface area contributed by atoms with Crippen LogP contribution in [0.5, 0.6) is 0 Å². The second kappa shape index (κ2) is 6.33. The van der Waals surface area contributed by atoms with E-state index in [0.717, 1.165) is 5.69 Å². The number of fused-ring (bicyclic) bond motifs is 5. The van der Waals surface area contributed by atoms with Crippen molar-refractivity contribution in [1.29, 1.82) is 0 Å². The van der Waals surface area contributed by atoms with Crippen molar-refractivity contribution in [2.24, 2.45) is 0 Å². The zero-order chi connectivity index (χ0) is 20.1. The van der Waals surface area contributed by atoms with Gasteiger partial charge in [0.2, 0.25) is 0 Å². The topological polar surface area (TPSA) is 26.0 Å². The predicted octanol–water partition coefficient (Wildman–Crippen LogP) is 6.79. The molecule has 0 unspecified atom stereocenters. The number of rotatable bonds is 2. The lowest BCUT2D eigenvalue weighted by Crippen LogP contribution is -2.28. The highest BCUT2D eigenvalue weighted by Gasteiger charge is 2.47. The van der Waals surface area contributed by atoms with Gasteiger partial charge >= 0.3 is 0 Å². The van der Waals surface area contributed by atoms with E-state index in [1.807, 2.05) is 6.07 Å². The number of anilines is 1. The number of nitrogen functional groups attached to an aromatic ring is 1. The molecule has 30 heavy (non-hydrogen) atoms. The van der Waals surface area contributed by atoms with Crippen LogP contribution in [0.4, 0.5) is 5.69 Å². The maximum Gasteiger partial charge on any atom is 0.0720 e. The van der Waals surface area contributed by atoms with Crippen molar-refractivity contribution < 1.29 is 0 Å². The molecule has 0 radical (unpaired) electrons. The maximum absolute atomic E-state index is 6.36. The van der Waals surface area contributed by atoms with Crippen molar-refractivity contribution in [3.8, 4) is 11.1 Å². The fourth-order valence-corrected chi connectivity index (χ4v) is 5.28. The van der Waals surface area contributed by atoms with Gasteiger partial charge in [0.25, 0.3) is 0 Å². The normalized spacial score (nSPS) is 13.7. The van der Waals surface area contributed by atoms with Gasteiger partial charge in [0.15, 0.2) is 0 Å². The van der Waals surface area contributed by atoms with E-state index in [9.17, 15) is 0 Å². The minimum absolute atomic E-state index is 0.413. The van der Waals surface area contributed by atoms with Crippen molar-refractivity contribution in [3.05, 3.63) is 138 Å². The van der Waals surface area contributed by atoms with Gasteiger partial charge in [-0.1, -0.05) is 103 Å². The van der Waals surface area contributed by atoms with E-state index in [-0.39, 0.29) is 0 Å². The van der Waals surface area contributed by atoms with Crippen molar-refractivity contribution in [3.63, 3.8) is 0 Å². The monoisotopic (exact) mass is 383 g/mol. The molecule has 1 nitrogen and oxygen atoms in total. The number of hydrogen-bond donors (Lipinski definition) is 1. The molecule has 2 N–H and O–H groups in total. The largest absolute Gasteiger partial charge is 0.399 e. The van der Waals surface area contributed by atoms with Crippen LogP contribution in [0, 0.1) is 0 Å². The summed E-state index contributed by atoms with van der Waals surface area (Å²) in [4.78, 5) is 0. The second-order valence-corrected chi connectivity index (χ2v) is 8.00. The van der Waals surface area contributed by atoms with E-state index in [1.165, 1.54) is 44.2 Å². The second-order valence-electron chi connectivity index (χ2n) is 8.00. The molecule has 0 saturated carbocycles. The highest BCUT2D eigenvalue weighted by Crippen LogP contribution is 2.58. The van der Waals surface area contributed by atoms with Crippen molar-refractivity contribution >= 4 is 16.5 Å². The van der Waals surface area contributed by atoms with Crippen LogP contribution in [0.1, 0.15) is 22.3 Å². The molecular formula is C29H21N. The minimum Gasteiger partial charge on any atom is -0.399 e. The summed E-state index contributed by atoms with van der Waals surface area (Å²) in [6.07, 6.45) is 0. The standard InChI is InChI=1S/C29H21N/c30-23-16-18-25-26-17-15-20-9-7-8-14-24(20)28(26)29(27(25)19-23,21-10-3-1-4-11-21)22-12-5-2-6-13-22/h1-19H,30H2. The number of benzene rings is 5. The summed E-state index contributed by atoms with van der Waals surface area (Å²) < 4.78 is 0. The van der Waals surface area contributed by atoms with E-state index < -0.39 is 5.41 Å². The first-order valence-electron chi connectivity index (χ1n) is 10.3. The van der Waals surface area contributed by atoms with Gasteiger partial charge in [-0.2, -0.15) is 0 Å². The molecule has 142 valence electrons. The first kappa shape index (κ1) is 17.1. The lowest BCUT2D eigenvalue weighted by Gasteiger charge is -2.34. The van der Waals surface area contributed by atoms with Gasteiger partial charge in [0.05, 0.1) is 5.41 Å². The van der Waals surface area contributed by atoms with Gasteiger partial charge in [0, 0.05) is 5.69 Å². The first-order chi connectivity index (χ1) is 14.8. The molecule has 0 amide bonds. The number of nitrogens with two attached hydrogens (primary N) is 1. The third-order valence-corrected chi connectivity index (χ3v) is 6.46. The quantitative estimate of drug-likeness (QED) is 0.328. The van der Waals surface area contributed by atoms with Crippen LogP contribution in [-0.2, 0) is 5.41 Å². The molecule has 0 aromatic heterocycles. The lowest BCUT2D eigenvalue weighted by atomic mass is 9.66. The summed E-state index contributed by atoms with van der Waals surface area (Å²) in [6, 6.07) is 41.3. The van der Waals surface area contributed by atoms with Crippen LogP contribution in [-0.4, -0.2) is 0 Å². The van der Waals surface area contributed by atoms with E-state index in [4.69, 9.17) is 5.73 Å². The Morgan fingerprint density at radius 3 is 1.83 bits per heavy atom. The molecule has 1 aliphatic carbocycles. The van der Waals surface area contributed by atoms with Crippen molar-refractivity contribution in [2.45, 2.75) is 5.41 Å². The molecule has 0 aliphatic heterocycles. The molecule has 1 aliphatic rings.